The van der Waals surface area contributed by atoms with E-state index >= 15 is 0 Å². The Labute approximate surface area is 161 Å². The van der Waals surface area contributed by atoms with Gasteiger partial charge >= 0.3 is 0 Å². The lowest BCUT2D eigenvalue weighted by atomic mass is 10.1. The molecule has 2 N–H and O–H groups in total. The molecule has 1 fully saturated rings. The standard InChI is InChI=1S/C20H25N3O2.ClH/c1-25-19-7-3-4-16(13-19)14-20(24)23-10-8-22(9-11-23)15-17-5-2-6-18(21)12-17;/h2-7,12-13H,8-11,14-15,21H2,1H3;1H. The molecule has 1 saturated heterocycles. The highest BCUT2D eigenvalue weighted by Crippen LogP contribution is 2.15. The first-order chi connectivity index (χ1) is 12.1. The molecule has 140 valence electrons. The Hall–Kier alpha value is -2.24. The van der Waals surface area contributed by atoms with Gasteiger partial charge in [0.2, 0.25) is 5.91 Å². The van der Waals surface area contributed by atoms with Crippen molar-refractivity contribution in [2.24, 2.45) is 0 Å². The molecular formula is C20H26ClN3O2. The van der Waals surface area contributed by atoms with E-state index in [1.807, 2.05) is 47.4 Å². The van der Waals surface area contributed by atoms with E-state index in [0.717, 1.165) is 49.7 Å². The Morgan fingerprint density at radius 2 is 1.73 bits per heavy atom. The van der Waals surface area contributed by atoms with Crippen molar-refractivity contribution in [2.45, 2.75) is 13.0 Å². The first kappa shape index (κ1) is 20.1. The maximum absolute atomic E-state index is 12.5. The van der Waals surface area contributed by atoms with Gasteiger partial charge in [-0.05, 0) is 35.4 Å². The van der Waals surface area contributed by atoms with E-state index in [9.17, 15) is 4.79 Å². The summed E-state index contributed by atoms with van der Waals surface area (Å²) < 4.78 is 5.22. The van der Waals surface area contributed by atoms with Crippen LogP contribution in [0, 0.1) is 0 Å². The topological polar surface area (TPSA) is 58.8 Å². The average Bonchev–Trinajstić information content (AvgIpc) is 2.62. The zero-order valence-electron chi connectivity index (χ0n) is 15.1. The fourth-order valence-electron chi connectivity index (χ4n) is 3.17. The number of rotatable bonds is 5. The molecule has 26 heavy (non-hydrogen) atoms. The van der Waals surface area contributed by atoms with Crippen LogP contribution in [0.2, 0.25) is 0 Å². The summed E-state index contributed by atoms with van der Waals surface area (Å²) in [5.74, 6) is 0.967. The van der Waals surface area contributed by atoms with Crippen LogP contribution in [0.3, 0.4) is 0 Å². The maximum Gasteiger partial charge on any atom is 0.227 e. The molecule has 1 amide bonds. The molecule has 2 aromatic carbocycles. The van der Waals surface area contributed by atoms with Gasteiger partial charge in [0, 0.05) is 38.4 Å². The van der Waals surface area contributed by atoms with E-state index < -0.39 is 0 Å². The highest BCUT2D eigenvalue weighted by Gasteiger charge is 2.21. The second-order valence-electron chi connectivity index (χ2n) is 6.43. The number of hydrogen-bond acceptors (Lipinski definition) is 4. The van der Waals surface area contributed by atoms with Crippen LogP contribution in [0.5, 0.6) is 5.75 Å². The summed E-state index contributed by atoms with van der Waals surface area (Å²) in [5.41, 5.74) is 8.85. The van der Waals surface area contributed by atoms with Crippen LogP contribution in [-0.2, 0) is 17.8 Å². The largest absolute Gasteiger partial charge is 0.497 e. The van der Waals surface area contributed by atoms with E-state index in [0.29, 0.717) is 6.42 Å². The highest BCUT2D eigenvalue weighted by atomic mass is 35.5. The van der Waals surface area contributed by atoms with Crippen LogP contribution < -0.4 is 10.5 Å². The number of carbonyl (C=O) groups is 1. The molecule has 1 aliphatic rings. The molecule has 2 aromatic rings. The molecule has 0 aliphatic carbocycles. The van der Waals surface area contributed by atoms with Crippen molar-refractivity contribution in [3.63, 3.8) is 0 Å². The summed E-state index contributed by atoms with van der Waals surface area (Å²) in [5, 5.41) is 0. The van der Waals surface area contributed by atoms with Crippen LogP contribution in [0.25, 0.3) is 0 Å². The van der Waals surface area contributed by atoms with E-state index in [4.69, 9.17) is 10.5 Å². The van der Waals surface area contributed by atoms with Gasteiger partial charge in [-0.2, -0.15) is 0 Å². The molecule has 3 rings (SSSR count). The monoisotopic (exact) mass is 375 g/mol. The zero-order chi connectivity index (χ0) is 17.6. The zero-order valence-corrected chi connectivity index (χ0v) is 15.9. The summed E-state index contributed by atoms with van der Waals surface area (Å²) in [6.07, 6.45) is 0.423. The van der Waals surface area contributed by atoms with Gasteiger partial charge in [0.1, 0.15) is 5.75 Å². The first-order valence-electron chi connectivity index (χ1n) is 8.61. The number of nitrogens with two attached hydrogens (primary N) is 1. The minimum Gasteiger partial charge on any atom is -0.497 e. The van der Waals surface area contributed by atoms with Crippen molar-refractivity contribution < 1.29 is 9.53 Å². The van der Waals surface area contributed by atoms with Gasteiger partial charge in [0.15, 0.2) is 0 Å². The SMILES string of the molecule is COc1cccc(CC(=O)N2CCN(Cc3cccc(N)c3)CC2)c1.Cl. The Kier molecular flexibility index (Phi) is 7.30. The number of hydrogen-bond donors (Lipinski definition) is 1. The summed E-state index contributed by atoms with van der Waals surface area (Å²) in [7, 11) is 1.64. The Bertz CT molecular complexity index is 731. The Morgan fingerprint density at radius 3 is 2.42 bits per heavy atom. The maximum atomic E-state index is 12.5. The predicted octanol–water partition coefficient (Wildman–Crippen LogP) is 2.59. The van der Waals surface area contributed by atoms with E-state index in [1.54, 1.807) is 7.11 Å². The molecule has 0 aromatic heterocycles. The van der Waals surface area contributed by atoms with Crippen molar-refractivity contribution >= 4 is 24.0 Å². The van der Waals surface area contributed by atoms with E-state index in [1.165, 1.54) is 5.56 Å². The third-order valence-electron chi connectivity index (χ3n) is 4.57. The van der Waals surface area contributed by atoms with Gasteiger partial charge in [-0.1, -0.05) is 24.3 Å². The minimum atomic E-state index is 0. The van der Waals surface area contributed by atoms with Crippen LogP contribution in [0.4, 0.5) is 5.69 Å². The predicted molar refractivity (Wildman–Crippen MR) is 107 cm³/mol. The number of nitrogen functional groups attached to an aromatic ring is 1. The lowest BCUT2D eigenvalue weighted by Gasteiger charge is -2.35. The summed E-state index contributed by atoms with van der Waals surface area (Å²) in [6.45, 7) is 4.19. The minimum absolute atomic E-state index is 0. The number of nitrogens with zero attached hydrogens (tertiary/aromatic N) is 2. The van der Waals surface area contributed by atoms with Crippen molar-refractivity contribution in [3.8, 4) is 5.75 Å². The Morgan fingerprint density at radius 1 is 1.04 bits per heavy atom. The highest BCUT2D eigenvalue weighted by molar-refractivity contribution is 5.85. The van der Waals surface area contributed by atoms with Gasteiger partial charge in [0.25, 0.3) is 0 Å². The smallest absolute Gasteiger partial charge is 0.227 e. The van der Waals surface area contributed by atoms with Gasteiger partial charge in [-0.3, -0.25) is 9.69 Å². The molecule has 0 saturated carbocycles. The fourth-order valence-corrected chi connectivity index (χ4v) is 3.17. The third-order valence-corrected chi connectivity index (χ3v) is 4.57. The van der Waals surface area contributed by atoms with Crippen LogP contribution in [0.15, 0.2) is 48.5 Å². The third kappa shape index (κ3) is 5.38. The van der Waals surface area contributed by atoms with Gasteiger partial charge in [-0.15, -0.1) is 12.4 Å². The normalized spacial score (nSPS) is 14.6. The lowest BCUT2D eigenvalue weighted by Crippen LogP contribution is -2.48. The van der Waals surface area contributed by atoms with Crippen molar-refractivity contribution in [1.29, 1.82) is 0 Å². The summed E-state index contributed by atoms with van der Waals surface area (Å²) >= 11 is 0. The molecule has 0 radical (unpaired) electrons. The molecular weight excluding hydrogens is 350 g/mol. The van der Waals surface area contributed by atoms with Crippen LogP contribution in [0.1, 0.15) is 11.1 Å². The fraction of sp³-hybridized carbons (Fsp3) is 0.350. The molecule has 5 nitrogen and oxygen atoms in total. The number of benzene rings is 2. The quantitative estimate of drug-likeness (QED) is 0.816. The average molecular weight is 376 g/mol. The number of ether oxygens (including phenoxy) is 1. The number of methoxy groups -OCH3 is 1. The lowest BCUT2D eigenvalue weighted by molar-refractivity contribution is -0.132. The second kappa shape index (κ2) is 9.46. The van der Waals surface area contributed by atoms with Gasteiger partial charge in [-0.25, -0.2) is 0 Å². The number of halogens is 1. The van der Waals surface area contributed by atoms with E-state index in [-0.39, 0.29) is 18.3 Å². The molecule has 6 heteroatoms. The summed E-state index contributed by atoms with van der Waals surface area (Å²) in [4.78, 5) is 16.8. The summed E-state index contributed by atoms with van der Waals surface area (Å²) in [6, 6.07) is 15.7. The molecule has 1 aliphatic heterocycles. The Balaban J connectivity index is 0.00000243. The molecule has 1 heterocycles. The number of anilines is 1. The van der Waals surface area contributed by atoms with Crippen molar-refractivity contribution in [2.75, 3.05) is 39.0 Å². The van der Waals surface area contributed by atoms with Crippen molar-refractivity contribution in [3.05, 3.63) is 59.7 Å². The molecule has 0 bridgehead atoms. The van der Waals surface area contributed by atoms with Gasteiger partial charge in [0.05, 0.1) is 13.5 Å². The number of amides is 1. The van der Waals surface area contributed by atoms with Crippen molar-refractivity contribution in [1.82, 2.24) is 9.80 Å². The van der Waals surface area contributed by atoms with Gasteiger partial charge < -0.3 is 15.4 Å². The van der Waals surface area contributed by atoms with E-state index in [2.05, 4.69) is 11.0 Å². The molecule has 0 unspecified atom stereocenters. The second-order valence-corrected chi connectivity index (χ2v) is 6.43. The first-order valence-corrected chi connectivity index (χ1v) is 8.61. The van der Waals surface area contributed by atoms with Crippen LogP contribution in [-0.4, -0.2) is 49.0 Å². The molecule has 0 atom stereocenters. The van der Waals surface area contributed by atoms with Crippen LogP contribution >= 0.6 is 12.4 Å². The molecule has 0 spiro atoms. The number of piperazine rings is 1. The number of carbonyl (C=O) groups excluding carboxylic acids is 1.